The summed E-state index contributed by atoms with van der Waals surface area (Å²) in [4.78, 5) is 13.7. The number of nitrogens with zero attached hydrogens (tertiary/aromatic N) is 5. The van der Waals surface area contributed by atoms with Crippen LogP contribution in [-0.4, -0.2) is 24.7 Å². The lowest BCUT2D eigenvalue weighted by molar-refractivity contribution is 0.599. The van der Waals surface area contributed by atoms with Gasteiger partial charge in [-0.25, -0.2) is 9.97 Å². The van der Waals surface area contributed by atoms with E-state index in [4.69, 9.17) is 9.97 Å². The van der Waals surface area contributed by atoms with Gasteiger partial charge in [-0.15, -0.1) is 0 Å². The van der Waals surface area contributed by atoms with E-state index in [9.17, 15) is 0 Å². The molecule has 1 aliphatic rings. The highest BCUT2D eigenvalue weighted by molar-refractivity contribution is 5.88. The molecule has 0 unspecified atom stereocenters. The Labute approximate surface area is 157 Å². The van der Waals surface area contributed by atoms with Crippen LogP contribution in [0.5, 0.6) is 0 Å². The second-order valence-corrected chi connectivity index (χ2v) is 6.93. The number of nitrogens with one attached hydrogen (secondary N) is 1. The molecule has 27 heavy (non-hydrogen) atoms. The molecule has 0 saturated heterocycles. The topological polar surface area (TPSA) is 68.5 Å². The molecular weight excluding hydrogens is 336 g/mol. The largest absolute Gasteiger partial charge is 0.363 e. The zero-order valence-electron chi connectivity index (χ0n) is 15.1. The second-order valence-electron chi connectivity index (χ2n) is 6.93. The number of fused-ring (bicyclic) bond motifs is 2. The van der Waals surface area contributed by atoms with Crippen LogP contribution >= 0.6 is 0 Å². The highest BCUT2D eigenvalue weighted by Crippen LogP contribution is 2.34. The summed E-state index contributed by atoms with van der Waals surface area (Å²) in [6.45, 7) is 0. The smallest absolute Gasteiger partial charge is 0.164 e. The van der Waals surface area contributed by atoms with Crippen LogP contribution in [0.15, 0.2) is 55.0 Å². The van der Waals surface area contributed by atoms with Gasteiger partial charge in [0, 0.05) is 25.0 Å². The number of benzene rings is 1. The molecule has 3 heterocycles. The van der Waals surface area contributed by atoms with Gasteiger partial charge in [0.1, 0.15) is 5.82 Å². The minimum Gasteiger partial charge on any atom is -0.363 e. The average molecular weight is 356 g/mol. The van der Waals surface area contributed by atoms with E-state index in [1.54, 1.807) is 17.1 Å². The monoisotopic (exact) mass is 356 g/mol. The third kappa shape index (κ3) is 2.83. The van der Waals surface area contributed by atoms with Crippen molar-refractivity contribution >= 4 is 16.9 Å². The van der Waals surface area contributed by atoms with Gasteiger partial charge in [-0.1, -0.05) is 24.3 Å². The average Bonchev–Trinajstić information content (AvgIpc) is 3.10. The molecule has 0 saturated carbocycles. The van der Waals surface area contributed by atoms with Crippen LogP contribution in [0.4, 0.5) is 5.82 Å². The van der Waals surface area contributed by atoms with E-state index in [0.717, 1.165) is 35.3 Å². The normalized spacial score (nSPS) is 16.3. The van der Waals surface area contributed by atoms with Gasteiger partial charge < -0.3 is 5.32 Å². The minimum atomic E-state index is 0.249. The van der Waals surface area contributed by atoms with Crippen LogP contribution in [0.1, 0.15) is 30.0 Å². The van der Waals surface area contributed by atoms with Crippen molar-refractivity contribution in [3.8, 4) is 11.4 Å². The first-order chi connectivity index (χ1) is 13.3. The maximum atomic E-state index is 4.85. The van der Waals surface area contributed by atoms with Crippen molar-refractivity contribution < 1.29 is 0 Å². The molecule has 0 bridgehead atoms. The zero-order chi connectivity index (χ0) is 18.2. The highest BCUT2D eigenvalue weighted by atomic mass is 15.3. The summed E-state index contributed by atoms with van der Waals surface area (Å²) < 4.78 is 1.79. The fraction of sp³-hybridized carbons (Fsp3) is 0.238. The van der Waals surface area contributed by atoms with E-state index < -0.39 is 0 Å². The lowest BCUT2D eigenvalue weighted by atomic mass is 9.88. The Morgan fingerprint density at radius 3 is 2.81 bits per heavy atom. The highest BCUT2D eigenvalue weighted by Gasteiger charge is 2.22. The van der Waals surface area contributed by atoms with Crippen molar-refractivity contribution in [2.45, 2.75) is 25.3 Å². The van der Waals surface area contributed by atoms with E-state index in [2.05, 4.69) is 39.7 Å². The van der Waals surface area contributed by atoms with Crippen molar-refractivity contribution in [3.63, 3.8) is 0 Å². The molecule has 1 aromatic carbocycles. The molecular formula is C21H20N6. The van der Waals surface area contributed by atoms with Crippen molar-refractivity contribution in [2.75, 3.05) is 5.32 Å². The molecule has 5 rings (SSSR count). The molecule has 1 N–H and O–H groups in total. The first-order valence-electron chi connectivity index (χ1n) is 9.24. The van der Waals surface area contributed by atoms with Gasteiger partial charge in [0.25, 0.3) is 0 Å². The number of pyridine rings is 1. The molecule has 0 fully saturated rings. The van der Waals surface area contributed by atoms with Gasteiger partial charge in [-0.2, -0.15) is 5.10 Å². The SMILES string of the molecule is Cn1ncc2c(N[C@H]3CCCc4ccccc43)nc(-c3ccncc3)nc21. The molecule has 3 aromatic heterocycles. The maximum Gasteiger partial charge on any atom is 0.164 e. The van der Waals surface area contributed by atoms with Crippen LogP contribution in [0.2, 0.25) is 0 Å². The van der Waals surface area contributed by atoms with E-state index in [0.29, 0.717) is 5.82 Å². The molecule has 0 spiro atoms. The van der Waals surface area contributed by atoms with Gasteiger partial charge >= 0.3 is 0 Å². The lowest BCUT2D eigenvalue weighted by Crippen LogP contribution is -2.18. The van der Waals surface area contributed by atoms with Gasteiger partial charge in [0.05, 0.1) is 17.6 Å². The summed E-state index contributed by atoms with van der Waals surface area (Å²) in [5.41, 5.74) is 4.56. The van der Waals surface area contributed by atoms with E-state index in [-0.39, 0.29) is 6.04 Å². The zero-order valence-corrected chi connectivity index (χ0v) is 15.1. The Hall–Kier alpha value is -3.28. The van der Waals surface area contributed by atoms with E-state index in [1.165, 1.54) is 17.5 Å². The van der Waals surface area contributed by atoms with Gasteiger partial charge in [0.15, 0.2) is 11.5 Å². The van der Waals surface area contributed by atoms with E-state index >= 15 is 0 Å². The number of anilines is 1. The first kappa shape index (κ1) is 15.9. The summed E-state index contributed by atoms with van der Waals surface area (Å²) in [5, 5.41) is 9.02. The summed E-state index contributed by atoms with van der Waals surface area (Å²) in [6, 6.07) is 12.8. The van der Waals surface area contributed by atoms with Crippen molar-refractivity contribution in [1.82, 2.24) is 24.7 Å². The van der Waals surface area contributed by atoms with E-state index in [1.807, 2.05) is 25.4 Å². The van der Waals surface area contributed by atoms with Crippen LogP contribution in [0.3, 0.4) is 0 Å². The summed E-state index contributed by atoms with van der Waals surface area (Å²) in [6.07, 6.45) is 8.76. The van der Waals surface area contributed by atoms with Crippen molar-refractivity contribution in [1.29, 1.82) is 0 Å². The van der Waals surface area contributed by atoms with Gasteiger partial charge in [-0.3, -0.25) is 9.67 Å². The third-order valence-electron chi connectivity index (χ3n) is 5.21. The fourth-order valence-electron chi connectivity index (χ4n) is 3.83. The van der Waals surface area contributed by atoms with Crippen LogP contribution in [-0.2, 0) is 13.5 Å². The minimum absolute atomic E-state index is 0.249. The summed E-state index contributed by atoms with van der Waals surface area (Å²) in [5.74, 6) is 1.52. The molecule has 1 atom stereocenters. The van der Waals surface area contributed by atoms with Crippen molar-refractivity contribution in [3.05, 3.63) is 66.1 Å². The predicted octanol–water partition coefficient (Wildman–Crippen LogP) is 3.91. The Balaban J connectivity index is 1.61. The molecule has 0 amide bonds. The summed E-state index contributed by atoms with van der Waals surface area (Å²) in [7, 11) is 1.91. The number of aryl methyl sites for hydroxylation is 2. The Bertz CT molecular complexity index is 1100. The molecule has 0 radical (unpaired) electrons. The molecule has 134 valence electrons. The third-order valence-corrected chi connectivity index (χ3v) is 5.21. The number of hydrogen-bond acceptors (Lipinski definition) is 5. The standard InChI is InChI=1S/C21H20N6/c1-27-21-17(13-23-27)20(25-19(26-21)15-9-11-22-12-10-15)24-18-8-4-6-14-5-2-3-7-16(14)18/h2-3,5,7,9-13,18H,4,6,8H2,1H3,(H,24,25,26)/t18-/m0/s1. The van der Waals surface area contributed by atoms with Gasteiger partial charge in [0.2, 0.25) is 0 Å². The quantitative estimate of drug-likeness (QED) is 0.603. The second kappa shape index (κ2) is 6.46. The molecule has 0 aliphatic heterocycles. The first-order valence-corrected chi connectivity index (χ1v) is 9.24. The Morgan fingerprint density at radius 2 is 1.93 bits per heavy atom. The van der Waals surface area contributed by atoms with Crippen LogP contribution < -0.4 is 5.32 Å². The predicted molar refractivity (Wildman–Crippen MR) is 105 cm³/mol. The number of aromatic nitrogens is 5. The Kier molecular flexibility index (Phi) is 3.81. The number of hydrogen-bond donors (Lipinski definition) is 1. The van der Waals surface area contributed by atoms with Crippen LogP contribution in [0.25, 0.3) is 22.4 Å². The lowest BCUT2D eigenvalue weighted by Gasteiger charge is -2.27. The molecule has 4 aromatic rings. The van der Waals surface area contributed by atoms with Crippen LogP contribution in [0, 0.1) is 0 Å². The summed E-state index contributed by atoms with van der Waals surface area (Å²) >= 11 is 0. The molecule has 6 heteroatoms. The molecule has 1 aliphatic carbocycles. The van der Waals surface area contributed by atoms with Gasteiger partial charge in [-0.05, 0) is 42.5 Å². The Morgan fingerprint density at radius 1 is 1.07 bits per heavy atom. The maximum absolute atomic E-state index is 4.85. The van der Waals surface area contributed by atoms with Crippen molar-refractivity contribution in [2.24, 2.45) is 7.05 Å². The molecule has 6 nitrogen and oxygen atoms in total. The fourth-order valence-corrected chi connectivity index (χ4v) is 3.83. The number of rotatable bonds is 3.